The van der Waals surface area contributed by atoms with Crippen LogP contribution in [0.1, 0.15) is 10.1 Å². The van der Waals surface area contributed by atoms with Gasteiger partial charge < -0.3 is 19.9 Å². The van der Waals surface area contributed by atoms with E-state index < -0.39 is 24.5 Å². The molecule has 0 saturated carbocycles. The number of nitrogens with one attached hydrogen (secondary N) is 1. The van der Waals surface area contributed by atoms with Gasteiger partial charge in [-0.25, -0.2) is 4.79 Å². The van der Waals surface area contributed by atoms with Crippen LogP contribution in [0, 0.1) is 0 Å². The molecule has 0 aromatic heterocycles. The van der Waals surface area contributed by atoms with Crippen LogP contribution in [0.15, 0.2) is 24.3 Å². The van der Waals surface area contributed by atoms with E-state index in [0.29, 0.717) is 10.3 Å². The van der Waals surface area contributed by atoms with E-state index in [9.17, 15) is 9.59 Å². The van der Waals surface area contributed by atoms with Crippen LogP contribution in [0.5, 0.6) is 5.75 Å². The molecule has 2 rings (SSSR count). The molecule has 1 aromatic rings. The minimum atomic E-state index is -1.07. The first-order valence-corrected chi connectivity index (χ1v) is 9.18. The van der Waals surface area contributed by atoms with Crippen LogP contribution in [0.4, 0.5) is 0 Å². The molecular weight excluding hydrogens is 338 g/mol. The Morgan fingerprint density at radius 1 is 1.30 bits per heavy atom. The van der Waals surface area contributed by atoms with Crippen molar-refractivity contribution in [2.24, 2.45) is 0 Å². The summed E-state index contributed by atoms with van der Waals surface area (Å²) < 4.78 is 10.3. The van der Waals surface area contributed by atoms with Crippen LogP contribution < -0.4 is 10.1 Å². The summed E-state index contributed by atoms with van der Waals surface area (Å²) >= 11 is 3.85. The zero-order valence-electron chi connectivity index (χ0n) is 12.7. The first-order valence-electron chi connectivity index (χ1n) is 7.08. The summed E-state index contributed by atoms with van der Waals surface area (Å²) in [7, 11) is 1.19. The molecule has 1 aliphatic rings. The molecule has 1 heterocycles. The molecule has 0 spiro atoms. The second kappa shape index (κ2) is 9.05. The maximum Gasteiger partial charge on any atom is 0.330 e. The SMILES string of the molecule is COC(=O)[C@H](CO)NC(=O)COc1ccc(C2SCCS2)cc1. The molecule has 8 heteroatoms. The number of rotatable bonds is 7. The van der Waals surface area contributed by atoms with E-state index in [1.807, 2.05) is 47.8 Å². The summed E-state index contributed by atoms with van der Waals surface area (Å²) in [5.74, 6) is 1.72. The van der Waals surface area contributed by atoms with Crippen molar-refractivity contribution in [3.8, 4) is 5.75 Å². The highest BCUT2D eigenvalue weighted by Gasteiger charge is 2.21. The fourth-order valence-corrected chi connectivity index (χ4v) is 4.84. The minimum absolute atomic E-state index is 0.236. The number of aliphatic hydroxyl groups excluding tert-OH is 1. The molecule has 1 atom stereocenters. The van der Waals surface area contributed by atoms with E-state index in [2.05, 4.69) is 10.1 Å². The van der Waals surface area contributed by atoms with E-state index >= 15 is 0 Å². The highest BCUT2D eigenvalue weighted by Crippen LogP contribution is 2.45. The van der Waals surface area contributed by atoms with Gasteiger partial charge in [0, 0.05) is 11.5 Å². The molecule has 0 unspecified atom stereocenters. The molecule has 1 aromatic carbocycles. The lowest BCUT2D eigenvalue weighted by molar-refractivity contribution is -0.146. The van der Waals surface area contributed by atoms with Gasteiger partial charge in [0.15, 0.2) is 12.6 Å². The van der Waals surface area contributed by atoms with Gasteiger partial charge in [0.1, 0.15) is 5.75 Å². The Bertz CT molecular complexity index is 531. The van der Waals surface area contributed by atoms with E-state index in [4.69, 9.17) is 9.84 Å². The van der Waals surface area contributed by atoms with Crippen LogP contribution in [0.3, 0.4) is 0 Å². The quantitative estimate of drug-likeness (QED) is 0.709. The van der Waals surface area contributed by atoms with Crippen LogP contribution in [-0.4, -0.2) is 54.9 Å². The monoisotopic (exact) mass is 357 g/mol. The van der Waals surface area contributed by atoms with Crippen molar-refractivity contribution >= 4 is 35.4 Å². The third kappa shape index (κ3) is 5.33. The smallest absolute Gasteiger partial charge is 0.330 e. The summed E-state index contributed by atoms with van der Waals surface area (Å²) in [6.45, 7) is -0.760. The molecule has 126 valence electrons. The number of carbonyl (C=O) groups is 2. The number of benzene rings is 1. The molecule has 1 fully saturated rings. The molecule has 23 heavy (non-hydrogen) atoms. The van der Waals surface area contributed by atoms with E-state index in [1.165, 1.54) is 24.2 Å². The fourth-order valence-electron chi connectivity index (χ4n) is 1.98. The van der Waals surface area contributed by atoms with Gasteiger partial charge in [-0.05, 0) is 17.7 Å². The summed E-state index contributed by atoms with van der Waals surface area (Å²) in [5.41, 5.74) is 1.24. The van der Waals surface area contributed by atoms with Crippen molar-refractivity contribution in [2.75, 3.05) is 31.8 Å². The van der Waals surface area contributed by atoms with Gasteiger partial charge in [0.2, 0.25) is 0 Å². The van der Waals surface area contributed by atoms with Crippen LogP contribution in [0.2, 0.25) is 0 Å². The molecule has 2 N–H and O–H groups in total. The minimum Gasteiger partial charge on any atom is -0.484 e. The normalized spacial score (nSPS) is 15.9. The second-order valence-corrected chi connectivity index (χ2v) is 7.48. The number of carbonyl (C=O) groups excluding carboxylic acids is 2. The highest BCUT2D eigenvalue weighted by atomic mass is 32.2. The van der Waals surface area contributed by atoms with Gasteiger partial charge >= 0.3 is 5.97 Å². The lowest BCUT2D eigenvalue weighted by atomic mass is 10.2. The van der Waals surface area contributed by atoms with Crippen LogP contribution >= 0.6 is 23.5 Å². The van der Waals surface area contributed by atoms with E-state index in [0.717, 1.165) is 0 Å². The van der Waals surface area contributed by atoms with Gasteiger partial charge in [0.25, 0.3) is 5.91 Å². The third-order valence-corrected chi connectivity index (χ3v) is 6.25. The first kappa shape index (κ1) is 18.0. The predicted molar refractivity (Wildman–Crippen MR) is 90.6 cm³/mol. The molecule has 6 nitrogen and oxygen atoms in total. The van der Waals surface area contributed by atoms with Gasteiger partial charge in [-0.15, -0.1) is 23.5 Å². The summed E-state index contributed by atoms with van der Waals surface area (Å²) in [6.07, 6.45) is 0. The average Bonchev–Trinajstić information content (AvgIpc) is 3.12. The van der Waals surface area contributed by atoms with Crippen molar-refractivity contribution in [3.63, 3.8) is 0 Å². The Hall–Kier alpha value is -1.38. The molecule has 0 bridgehead atoms. The lowest BCUT2D eigenvalue weighted by Crippen LogP contribution is -2.45. The number of methoxy groups -OCH3 is 1. The van der Waals surface area contributed by atoms with Gasteiger partial charge in [0.05, 0.1) is 18.3 Å². The Labute approximate surface area is 143 Å². The summed E-state index contributed by atoms with van der Waals surface area (Å²) in [6, 6.07) is 6.56. The predicted octanol–water partition coefficient (Wildman–Crippen LogP) is 1.19. The van der Waals surface area contributed by atoms with Gasteiger partial charge in [-0.1, -0.05) is 12.1 Å². The first-order chi connectivity index (χ1) is 11.1. The molecule has 1 aliphatic heterocycles. The van der Waals surface area contributed by atoms with Crippen LogP contribution in [-0.2, 0) is 14.3 Å². The standard InChI is InChI=1S/C15H19NO5S2/c1-20-14(19)12(8-17)16-13(18)9-21-11-4-2-10(3-5-11)15-22-6-7-23-15/h2-5,12,15,17H,6-9H2,1H3,(H,16,18)/t12-/m0/s1. The number of hydrogen-bond donors (Lipinski definition) is 2. The number of amides is 1. The van der Waals surface area contributed by atoms with Crippen LogP contribution in [0.25, 0.3) is 0 Å². The van der Waals surface area contributed by atoms with E-state index in [-0.39, 0.29) is 6.61 Å². The zero-order valence-corrected chi connectivity index (χ0v) is 14.3. The van der Waals surface area contributed by atoms with Crippen molar-refractivity contribution in [3.05, 3.63) is 29.8 Å². The molecule has 1 saturated heterocycles. The maximum absolute atomic E-state index is 11.7. The number of thioether (sulfide) groups is 2. The van der Waals surface area contributed by atoms with Crippen molar-refractivity contribution in [2.45, 2.75) is 10.6 Å². The maximum atomic E-state index is 11.7. The third-order valence-electron chi connectivity index (χ3n) is 3.15. The Morgan fingerprint density at radius 3 is 2.52 bits per heavy atom. The van der Waals surface area contributed by atoms with Crippen molar-refractivity contribution in [1.82, 2.24) is 5.32 Å². The Morgan fingerprint density at radius 2 is 1.96 bits per heavy atom. The van der Waals surface area contributed by atoms with E-state index in [1.54, 1.807) is 0 Å². The summed E-state index contributed by atoms with van der Waals surface area (Å²) in [4.78, 5) is 23.0. The highest BCUT2D eigenvalue weighted by molar-refractivity contribution is 8.19. The summed E-state index contributed by atoms with van der Waals surface area (Å²) in [5, 5.41) is 11.4. The number of ether oxygens (including phenoxy) is 2. The van der Waals surface area contributed by atoms with Crippen molar-refractivity contribution in [1.29, 1.82) is 0 Å². The Balaban J connectivity index is 1.80. The number of hydrogen-bond acceptors (Lipinski definition) is 7. The van der Waals surface area contributed by atoms with Gasteiger partial charge in [-0.2, -0.15) is 0 Å². The number of aliphatic hydroxyl groups is 1. The largest absolute Gasteiger partial charge is 0.484 e. The molecule has 0 aliphatic carbocycles. The zero-order chi connectivity index (χ0) is 16.7. The molecule has 0 radical (unpaired) electrons. The number of esters is 1. The average molecular weight is 357 g/mol. The fraction of sp³-hybridized carbons (Fsp3) is 0.467. The molecular formula is C15H19NO5S2. The topological polar surface area (TPSA) is 84.9 Å². The van der Waals surface area contributed by atoms with Gasteiger partial charge in [-0.3, -0.25) is 4.79 Å². The van der Waals surface area contributed by atoms with Crippen molar-refractivity contribution < 1.29 is 24.2 Å². The Kier molecular flexibility index (Phi) is 7.07. The molecule has 1 amide bonds. The second-order valence-electron chi connectivity index (χ2n) is 4.76. The lowest BCUT2D eigenvalue weighted by Gasteiger charge is -2.14.